The van der Waals surface area contributed by atoms with Crippen LogP contribution in [-0.4, -0.2) is 9.97 Å². The molecule has 4 nitrogen and oxygen atoms in total. The summed E-state index contributed by atoms with van der Waals surface area (Å²) in [5.74, 6) is 0.676. The van der Waals surface area contributed by atoms with E-state index in [1.807, 2.05) is 54.6 Å². The Kier molecular flexibility index (Phi) is 8.47. The van der Waals surface area contributed by atoms with Gasteiger partial charge in [0.25, 0.3) is 0 Å². The van der Waals surface area contributed by atoms with E-state index in [2.05, 4.69) is 163 Å². The molecular formula is C52H35N3O. The molecule has 0 radical (unpaired) electrons. The molecule has 0 N–H and O–H groups in total. The Balaban J connectivity index is 1.10. The molecule has 0 aliphatic rings. The zero-order valence-corrected chi connectivity index (χ0v) is 30.5. The topological polar surface area (TPSA) is 42.2 Å². The molecule has 0 aliphatic carbocycles. The van der Waals surface area contributed by atoms with Crippen molar-refractivity contribution in [1.82, 2.24) is 9.97 Å². The fourth-order valence-corrected chi connectivity index (χ4v) is 7.54. The summed E-state index contributed by atoms with van der Waals surface area (Å²) < 4.78 is 6.57. The van der Waals surface area contributed by atoms with Crippen LogP contribution >= 0.6 is 0 Å². The van der Waals surface area contributed by atoms with E-state index in [0.717, 1.165) is 78.2 Å². The number of hydrogen-bond acceptors (Lipinski definition) is 4. The summed E-state index contributed by atoms with van der Waals surface area (Å²) in [6.07, 6.45) is 0. The van der Waals surface area contributed by atoms with Crippen LogP contribution in [0.5, 0.6) is 0 Å². The van der Waals surface area contributed by atoms with Crippen molar-refractivity contribution in [1.29, 1.82) is 0 Å². The zero-order valence-electron chi connectivity index (χ0n) is 30.5. The molecule has 56 heavy (non-hydrogen) atoms. The smallest absolute Gasteiger partial charge is 0.160 e. The number of rotatable bonds is 8. The van der Waals surface area contributed by atoms with Crippen molar-refractivity contribution in [3.63, 3.8) is 0 Å². The van der Waals surface area contributed by atoms with Crippen LogP contribution in [0.2, 0.25) is 0 Å². The summed E-state index contributed by atoms with van der Waals surface area (Å²) in [6, 6.07) is 73.8. The molecule has 8 aromatic carbocycles. The van der Waals surface area contributed by atoms with Gasteiger partial charge in [-0.2, -0.15) is 0 Å². The summed E-state index contributed by atoms with van der Waals surface area (Å²) in [5, 5.41) is 2.09. The van der Waals surface area contributed by atoms with Gasteiger partial charge in [0.2, 0.25) is 0 Å². The first-order chi connectivity index (χ1) is 27.7. The Morgan fingerprint density at radius 1 is 0.339 bits per heavy atom. The van der Waals surface area contributed by atoms with E-state index in [1.54, 1.807) is 0 Å². The predicted octanol–water partition coefficient (Wildman–Crippen LogP) is 14.2. The van der Waals surface area contributed by atoms with Gasteiger partial charge in [0.05, 0.1) is 11.4 Å². The molecule has 0 amide bonds. The maximum Gasteiger partial charge on any atom is 0.160 e. The Morgan fingerprint density at radius 3 is 1.46 bits per heavy atom. The second-order valence-electron chi connectivity index (χ2n) is 13.8. The standard InChI is InChI=1S/C52H35N3O/c1-5-15-36(16-6-1)37-25-29-43(30-26-37)55(42-21-11-4-12-22-42)44-31-27-38(28-32-44)41-33-46(51-45-23-13-14-24-49(45)56-50(51)34-41)48-35-47(39-17-7-2-8-18-39)53-52(54-48)40-19-9-3-10-20-40/h1-35H. The molecule has 0 unspecified atom stereocenters. The lowest BCUT2D eigenvalue weighted by Crippen LogP contribution is -2.09. The van der Waals surface area contributed by atoms with E-state index in [9.17, 15) is 0 Å². The highest BCUT2D eigenvalue weighted by atomic mass is 16.3. The molecular weight excluding hydrogens is 683 g/mol. The molecule has 2 aromatic heterocycles. The minimum atomic E-state index is 0.676. The third-order valence-corrected chi connectivity index (χ3v) is 10.3. The number of nitrogens with zero attached hydrogens (tertiary/aromatic N) is 3. The molecule has 10 aromatic rings. The Hall–Kier alpha value is -7.56. The molecule has 0 fully saturated rings. The lowest BCUT2D eigenvalue weighted by Gasteiger charge is -2.26. The molecule has 2 heterocycles. The molecule has 0 saturated carbocycles. The highest BCUT2D eigenvalue weighted by molar-refractivity contribution is 6.13. The average molecular weight is 718 g/mol. The van der Waals surface area contributed by atoms with Crippen molar-refractivity contribution in [2.24, 2.45) is 0 Å². The molecule has 0 spiro atoms. The van der Waals surface area contributed by atoms with E-state index < -0.39 is 0 Å². The summed E-state index contributed by atoms with van der Waals surface area (Å²) >= 11 is 0. The highest BCUT2D eigenvalue weighted by Gasteiger charge is 2.19. The zero-order chi connectivity index (χ0) is 37.3. The molecule has 264 valence electrons. The van der Waals surface area contributed by atoms with Gasteiger partial charge in [-0.25, -0.2) is 9.97 Å². The Bertz CT molecular complexity index is 2870. The van der Waals surface area contributed by atoms with E-state index >= 15 is 0 Å². The van der Waals surface area contributed by atoms with Crippen LogP contribution in [0.1, 0.15) is 0 Å². The van der Waals surface area contributed by atoms with Crippen molar-refractivity contribution in [3.05, 3.63) is 212 Å². The molecule has 0 saturated heterocycles. The SMILES string of the molecule is c1ccc(-c2ccc(N(c3ccccc3)c3ccc(-c4cc(-c5cc(-c6ccccc6)nc(-c6ccccc6)n5)c5c(c4)oc4ccccc45)cc3)cc2)cc1. The van der Waals surface area contributed by atoms with Gasteiger partial charge < -0.3 is 9.32 Å². The maximum atomic E-state index is 6.57. The quantitative estimate of drug-likeness (QED) is 0.157. The fraction of sp³-hybridized carbons (Fsp3) is 0. The summed E-state index contributed by atoms with van der Waals surface area (Å²) in [7, 11) is 0. The minimum Gasteiger partial charge on any atom is -0.456 e. The van der Waals surface area contributed by atoms with Crippen LogP contribution < -0.4 is 4.90 Å². The number of fused-ring (bicyclic) bond motifs is 3. The van der Waals surface area contributed by atoms with Crippen LogP contribution in [0, 0.1) is 0 Å². The number of anilines is 3. The van der Waals surface area contributed by atoms with Crippen molar-refractivity contribution in [2.75, 3.05) is 4.90 Å². The van der Waals surface area contributed by atoms with Crippen molar-refractivity contribution in [3.8, 4) is 56.2 Å². The Morgan fingerprint density at radius 2 is 0.821 bits per heavy atom. The van der Waals surface area contributed by atoms with E-state index in [4.69, 9.17) is 14.4 Å². The van der Waals surface area contributed by atoms with Gasteiger partial charge in [-0.05, 0) is 82.9 Å². The van der Waals surface area contributed by atoms with Gasteiger partial charge in [0.1, 0.15) is 11.2 Å². The summed E-state index contributed by atoms with van der Waals surface area (Å²) in [4.78, 5) is 12.6. The van der Waals surface area contributed by atoms with Crippen LogP contribution in [-0.2, 0) is 0 Å². The first kappa shape index (κ1) is 33.0. The fourth-order valence-electron chi connectivity index (χ4n) is 7.54. The third-order valence-electron chi connectivity index (χ3n) is 10.3. The lowest BCUT2D eigenvalue weighted by atomic mass is 9.96. The number of benzene rings is 8. The first-order valence-electron chi connectivity index (χ1n) is 18.8. The molecule has 0 bridgehead atoms. The molecule has 4 heteroatoms. The molecule has 0 atom stereocenters. The predicted molar refractivity (Wildman–Crippen MR) is 231 cm³/mol. The van der Waals surface area contributed by atoms with E-state index in [1.165, 1.54) is 11.1 Å². The van der Waals surface area contributed by atoms with Crippen molar-refractivity contribution >= 4 is 39.0 Å². The summed E-state index contributed by atoms with van der Waals surface area (Å²) in [6.45, 7) is 0. The van der Waals surface area contributed by atoms with E-state index in [-0.39, 0.29) is 0 Å². The average Bonchev–Trinajstić information content (AvgIpc) is 3.66. The molecule has 0 aliphatic heterocycles. The second kappa shape index (κ2) is 14.3. The number of para-hydroxylation sites is 2. The highest BCUT2D eigenvalue weighted by Crippen LogP contribution is 2.42. The van der Waals surface area contributed by atoms with Crippen LogP contribution in [0.3, 0.4) is 0 Å². The summed E-state index contributed by atoms with van der Waals surface area (Å²) in [5.41, 5.74) is 14.1. The van der Waals surface area contributed by atoms with Gasteiger partial charge >= 0.3 is 0 Å². The van der Waals surface area contributed by atoms with Crippen LogP contribution in [0.15, 0.2) is 217 Å². The van der Waals surface area contributed by atoms with Gasteiger partial charge in [-0.15, -0.1) is 0 Å². The Labute approximate surface area is 325 Å². The molecule has 10 rings (SSSR count). The first-order valence-corrected chi connectivity index (χ1v) is 18.8. The lowest BCUT2D eigenvalue weighted by molar-refractivity contribution is 0.669. The largest absolute Gasteiger partial charge is 0.456 e. The van der Waals surface area contributed by atoms with Gasteiger partial charge in [-0.3, -0.25) is 0 Å². The van der Waals surface area contributed by atoms with Crippen LogP contribution in [0.4, 0.5) is 17.1 Å². The third kappa shape index (κ3) is 6.29. The number of hydrogen-bond donors (Lipinski definition) is 0. The maximum absolute atomic E-state index is 6.57. The van der Waals surface area contributed by atoms with Crippen molar-refractivity contribution < 1.29 is 4.42 Å². The minimum absolute atomic E-state index is 0.676. The van der Waals surface area contributed by atoms with Crippen molar-refractivity contribution in [2.45, 2.75) is 0 Å². The normalized spacial score (nSPS) is 11.2. The number of furan rings is 1. The van der Waals surface area contributed by atoms with Gasteiger partial charge in [0, 0.05) is 44.5 Å². The van der Waals surface area contributed by atoms with Gasteiger partial charge in [-0.1, -0.05) is 152 Å². The van der Waals surface area contributed by atoms with Crippen LogP contribution in [0.25, 0.3) is 78.1 Å². The second-order valence-corrected chi connectivity index (χ2v) is 13.8. The monoisotopic (exact) mass is 717 g/mol. The number of aromatic nitrogens is 2. The van der Waals surface area contributed by atoms with E-state index in [0.29, 0.717) is 5.82 Å². The van der Waals surface area contributed by atoms with Gasteiger partial charge in [0.15, 0.2) is 5.82 Å².